The molecule has 144 valence electrons. The molecule has 27 heavy (non-hydrogen) atoms. The van der Waals surface area contributed by atoms with Gasteiger partial charge in [0.25, 0.3) is 6.47 Å². The van der Waals surface area contributed by atoms with Crippen LogP contribution in [-0.4, -0.2) is 58.3 Å². The van der Waals surface area contributed by atoms with Gasteiger partial charge in [0.2, 0.25) is 0 Å². The van der Waals surface area contributed by atoms with Gasteiger partial charge in [-0.2, -0.15) is 0 Å². The zero-order valence-electron chi connectivity index (χ0n) is 15.0. The van der Waals surface area contributed by atoms with Gasteiger partial charge in [-0.15, -0.1) is 11.3 Å². The standard InChI is InChI=1S/C18H20N2O3S.CH2O2/c1-11-9-19-17(24-11)13-6-14(18(21)22)8-15(7-13)23-16-10-20-4-2-12(16)3-5-20;2-1-3/h6-9,12,16H,2-5,10H2,1H3,(H,21,22);1H,(H,2,3)/t16-;/m0./s1. The van der Waals surface area contributed by atoms with Crippen molar-refractivity contribution in [1.82, 2.24) is 9.88 Å². The Morgan fingerprint density at radius 1 is 1.33 bits per heavy atom. The Balaban J connectivity index is 0.000000659. The minimum absolute atomic E-state index is 0.155. The number of fused-ring (bicyclic) bond motifs is 3. The predicted octanol–water partition coefficient (Wildman–Crippen LogP) is 2.99. The molecule has 2 N–H and O–H groups in total. The maximum absolute atomic E-state index is 11.5. The topological polar surface area (TPSA) is 100.0 Å². The van der Waals surface area contributed by atoms with E-state index in [1.807, 2.05) is 13.0 Å². The third-order valence-electron chi connectivity index (χ3n) is 4.91. The van der Waals surface area contributed by atoms with E-state index in [-0.39, 0.29) is 18.1 Å². The zero-order valence-corrected chi connectivity index (χ0v) is 15.8. The first-order chi connectivity index (χ1) is 13.0. The van der Waals surface area contributed by atoms with Gasteiger partial charge in [-0.3, -0.25) is 9.69 Å². The number of carbonyl (C=O) groups is 2. The number of hydrogen-bond acceptors (Lipinski definition) is 6. The van der Waals surface area contributed by atoms with Crippen molar-refractivity contribution in [2.45, 2.75) is 25.9 Å². The molecule has 2 bridgehead atoms. The number of carboxylic acids is 1. The van der Waals surface area contributed by atoms with Gasteiger partial charge < -0.3 is 14.9 Å². The van der Waals surface area contributed by atoms with Gasteiger partial charge in [0.1, 0.15) is 16.9 Å². The number of aromatic nitrogens is 1. The molecule has 0 radical (unpaired) electrons. The Labute approximate surface area is 161 Å². The monoisotopic (exact) mass is 390 g/mol. The number of aromatic carboxylic acids is 1. The molecule has 1 aromatic heterocycles. The first-order valence-corrected chi connectivity index (χ1v) is 9.60. The van der Waals surface area contributed by atoms with Crippen LogP contribution < -0.4 is 4.74 Å². The molecule has 3 aliphatic rings. The van der Waals surface area contributed by atoms with Crippen molar-refractivity contribution < 1.29 is 24.5 Å². The summed E-state index contributed by atoms with van der Waals surface area (Å²) in [6, 6.07) is 5.22. The molecule has 0 spiro atoms. The fourth-order valence-electron chi connectivity index (χ4n) is 3.62. The molecule has 0 amide bonds. The summed E-state index contributed by atoms with van der Waals surface area (Å²) >= 11 is 1.56. The maximum Gasteiger partial charge on any atom is 0.335 e. The van der Waals surface area contributed by atoms with Gasteiger partial charge in [0.15, 0.2) is 0 Å². The number of ether oxygens (including phenoxy) is 1. The fourth-order valence-corrected chi connectivity index (χ4v) is 4.37. The lowest BCUT2D eigenvalue weighted by Gasteiger charge is -2.44. The van der Waals surface area contributed by atoms with E-state index in [9.17, 15) is 9.90 Å². The molecule has 0 unspecified atom stereocenters. The van der Waals surface area contributed by atoms with E-state index in [0.29, 0.717) is 11.7 Å². The number of benzene rings is 1. The zero-order chi connectivity index (χ0) is 19.4. The quantitative estimate of drug-likeness (QED) is 0.774. The van der Waals surface area contributed by atoms with E-state index >= 15 is 0 Å². The van der Waals surface area contributed by atoms with Crippen LogP contribution in [0, 0.1) is 12.8 Å². The fraction of sp³-hybridized carbons (Fsp3) is 0.421. The van der Waals surface area contributed by atoms with Crippen LogP contribution in [-0.2, 0) is 4.79 Å². The van der Waals surface area contributed by atoms with E-state index < -0.39 is 5.97 Å². The number of piperidine rings is 3. The number of rotatable bonds is 4. The van der Waals surface area contributed by atoms with Crippen LogP contribution in [0.5, 0.6) is 5.75 Å². The maximum atomic E-state index is 11.5. The molecule has 8 heteroatoms. The van der Waals surface area contributed by atoms with E-state index in [4.69, 9.17) is 14.6 Å². The van der Waals surface area contributed by atoms with Crippen LogP contribution >= 0.6 is 11.3 Å². The average molecular weight is 390 g/mol. The van der Waals surface area contributed by atoms with Gasteiger partial charge in [0, 0.05) is 23.2 Å². The summed E-state index contributed by atoms with van der Waals surface area (Å²) in [6.45, 7) is 4.99. The van der Waals surface area contributed by atoms with Crippen molar-refractivity contribution in [3.63, 3.8) is 0 Å². The molecule has 3 fully saturated rings. The molecule has 4 heterocycles. The van der Waals surface area contributed by atoms with Crippen molar-refractivity contribution in [1.29, 1.82) is 0 Å². The van der Waals surface area contributed by atoms with Gasteiger partial charge in [-0.1, -0.05) is 0 Å². The summed E-state index contributed by atoms with van der Waals surface area (Å²) in [4.78, 5) is 27.7. The van der Waals surface area contributed by atoms with Crippen molar-refractivity contribution >= 4 is 23.8 Å². The Kier molecular flexibility index (Phi) is 6.08. The van der Waals surface area contributed by atoms with Crippen molar-refractivity contribution in [2.75, 3.05) is 19.6 Å². The number of carboxylic acid groups (broad SMARTS) is 2. The van der Waals surface area contributed by atoms with Crippen LogP contribution in [0.1, 0.15) is 28.1 Å². The normalized spacial score (nSPS) is 23.2. The highest BCUT2D eigenvalue weighted by molar-refractivity contribution is 7.14. The third kappa shape index (κ3) is 4.64. The van der Waals surface area contributed by atoms with Crippen molar-refractivity contribution in [2.24, 2.45) is 5.92 Å². The second kappa shape index (κ2) is 8.49. The molecular formula is C19H22N2O5S. The summed E-state index contributed by atoms with van der Waals surface area (Å²) in [5, 5.41) is 17.1. The third-order valence-corrected chi connectivity index (χ3v) is 5.87. The van der Waals surface area contributed by atoms with E-state index in [2.05, 4.69) is 9.88 Å². The molecule has 1 atom stereocenters. The number of hydrogen-bond donors (Lipinski definition) is 2. The Bertz CT molecular complexity index is 814. The highest BCUT2D eigenvalue weighted by Crippen LogP contribution is 2.34. The Morgan fingerprint density at radius 3 is 2.56 bits per heavy atom. The average Bonchev–Trinajstić information content (AvgIpc) is 3.09. The number of aryl methyl sites for hydroxylation is 1. The summed E-state index contributed by atoms with van der Waals surface area (Å²) in [7, 11) is 0. The van der Waals surface area contributed by atoms with Crippen LogP contribution in [0.25, 0.3) is 10.6 Å². The first-order valence-electron chi connectivity index (χ1n) is 8.78. The summed E-state index contributed by atoms with van der Waals surface area (Å²) in [5.41, 5.74) is 1.06. The van der Waals surface area contributed by atoms with E-state index in [1.54, 1.807) is 29.7 Å². The van der Waals surface area contributed by atoms with Gasteiger partial charge in [-0.25, -0.2) is 9.78 Å². The Morgan fingerprint density at radius 2 is 2.04 bits per heavy atom. The molecule has 7 nitrogen and oxygen atoms in total. The van der Waals surface area contributed by atoms with Crippen LogP contribution in [0.3, 0.4) is 0 Å². The lowest BCUT2D eigenvalue weighted by atomic mass is 9.86. The summed E-state index contributed by atoms with van der Waals surface area (Å²) in [6.07, 6.45) is 4.30. The highest BCUT2D eigenvalue weighted by atomic mass is 32.1. The van der Waals surface area contributed by atoms with Gasteiger partial charge in [-0.05, 0) is 57.0 Å². The minimum atomic E-state index is -0.941. The van der Waals surface area contributed by atoms with Crippen molar-refractivity contribution in [3.05, 3.63) is 34.8 Å². The molecular weight excluding hydrogens is 368 g/mol. The lowest BCUT2D eigenvalue weighted by molar-refractivity contribution is -0.122. The van der Waals surface area contributed by atoms with Gasteiger partial charge >= 0.3 is 5.97 Å². The SMILES string of the molecule is Cc1cnc(-c2cc(O[C@H]3CN4CCC3CC4)cc(C(=O)O)c2)s1.O=CO. The van der Waals surface area contributed by atoms with Crippen LogP contribution in [0.2, 0.25) is 0 Å². The molecule has 3 aliphatic heterocycles. The minimum Gasteiger partial charge on any atom is -0.489 e. The molecule has 5 rings (SSSR count). The molecule has 0 saturated carbocycles. The van der Waals surface area contributed by atoms with Crippen LogP contribution in [0.4, 0.5) is 0 Å². The smallest absolute Gasteiger partial charge is 0.335 e. The second-order valence-corrected chi connectivity index (χ2v) is 7.96. The van der Waals surface area contributed by atoms with E-state index in [0.717, 1.165) is 35.1 Å². The summed E-state index contributed by atoms with van der Waals surface area (Å²) in [5.74, 6) is 0.273. The number of nitrogens with zero attached hydrogens (tertiary/aromatic N) is 2. The molecule has 3 saturated heterocycles. The van der Waals surface area contributed by atoms with Crippen molar-refractivity contribution in [3.8, 4) is 16.3 Å². The largest absolute Gasteiger partial charge is 0.489 e. The molecule has 1 aromatic carbocycles. The van der Waals surface area contributed by atoms with E-state index in [1.165, 1.54) is 12.8 Å². The number of thiazole rings is 1. The predicted molar refractivity (Wildman–Crippen MR) is 102 cm³/mol. The second-order valence-electron chi connectivity index (χ2n) is 6.73. The van der Waals surface area contributed by atoms with Crippen LogP contribution in [0.15, 0.2) is 24.4 Å². The molecule has 2 aromatic rings. The van der Waals surface area contributed by atoms with Gasteiger partial charge in [0.05, 0.1) is 5.56 Å². The lowest BCUT2D eigenvalue weighted by Crippen LogP contribution is -2.52. The first kappa shape index (κ1) is 19.3. The highest BCUT2D eigenvalue weighted by Gasteiger charge is 2.35. The molecule has 0 aliphatic carbocycles. The summed E-state index contributed by atoms with van der Waals surface area (Å²) < 4.78 is 6.22. The Hall–Kier alpha value is -2.45.